The van der Waals surface area contributed by atoms with E-state index in [2.05, 4.69) is 15.1 Å². The van der Waals surface area contributed by atoms with E-state index in [9.17, 15) is 9.18 Å². The molecule has 1 aliphatic rings. The highest BCUT2D eigenvalue weighted by Crippen LogP contribution is 2.22. The van der Waals surface area contributed by atoms with Crippen LogP contribution >= 0.6 is 0 Å². The second-order valence-electron chi connectivity index (χ2n) is 5.98. The molecule has 4 nitrogen and oxygen atoms in total. The highest BCUT2D eigenvalue weighted by molar-refractivity contribution is 5.98. The van der Waals surface area contributed by atoms with Crippen LogP contribution in [0.5, 0.6) is 0 Å². The van der Waals surface area contributed by atoms with Gasteiger partial charge in [0.05, 0.1) is 11.9 Å². The molecule has 0 aliphatic carbocycles. The lowest BCUT2D eigenvalue weighted by atomic mass is 9.90. The Morgan fingerprint density at radius 1 is 1.41 bits per heavy atom. The standard InChI is InChI=1S/C17H20FN3O/c1-12-9-19-20-16(12)11-21-8-2-3-14(10-21)17(22)13-4-6-15(18)7-5-13/h4-7,9,14H,2-3,8,10-11H2,1H3,(H,19,20). The predicted molar refractivity (Wildman–Crippen MR) is 82.1 cm³/mol. The lowest BCUT2D eigenvalue weighted by molar-refractivity contribution is 0.0810. The predicted octanol–water partition coefficient (Wildman–Crippen LogP) is 2.95. The Morgan fingerprint density at radius 2 is 2.18 bits per heavy atom. The van der Waals surface area contributed by atoms with Crippen LogP contribution in [0, 0.1) is 18.7 Å². The van der Waals surface area contributed by atoms with Crippen LogP contribution in [0.2, 0.25) is 0 Å². The highest BCUT2D eigenvalue weighted by Gasteiger charge is 2.27. The maximum absolute atomic E-state index is 13.0. The average molecular weight is 301 g/mol. The van der Waals surface area contributed by atoms with Gasteiger partial charge in [-0.15, -0.1) is 0 Å². The van der Waals surface area contributed by atoms with Gasteiger partial charge < -0.3 is 0 Å². The molecule has 22 heavy (non-hydrogen) atoms. The molecule has 2 aromatic rings. The van der Waals surface area contributed by atoms with Gasteiger partial charge >= 0.3 is 0 Å². The fraction of sp³-hybridized carbons (Fsp3) is 0.412. The van der Waals surface area contributed by atoms with Crippen LogP contribution in [0.15, 0.2) is 30.5 Å². The third-order valence-corrected chi connectivity index (χ3v) is 4.32. The van der Waals surface area contributed by atoms with Crippen molar-refractivity contribution in [2.75, 3.05) is 13.1 Å². The number of carbonyl (C=O) groups excluding carboxylic acids is 1. The molecule has 1 aromatic heterocycles. The van der Waals surface area contributed by atoms with Crippen LogP contribution < -0.4 is 0 Å². The molecule has 1 atom stereocenters. The zero-order valence-corrected chi connectivity index (χ0v) is 12.7. The lowest BCUT2D eigenvalue weighted by Gasteiger charge is -2.31. The number of aromatic amines is 1. The number of halogens is 1. The maximum atomic E-state index is 13.0. The van der Waals surface area contributed by atoms with E-state index < -0.39 is 0 Å². The fourth-order valence-electron chi connectivity index (χ4n) is 3.02. The molecule has 1 unspecified atom stereocenters. The third kappa shape index (κ3) is 3.25. The lowest BCUT2D eigenvalue weighted by Crippen LogP contribution is -2.38. The van der Waals surface area contributed by atoms with Crippen molar-refractivity contribution >= 4 is 5.78 Å². The van der Waals surface area contributed by atoms with Crippen molar-refractivity contribution in [2.45, 2.75) is 26.3 Å². The number of likely N-dealkylation sites (tertiary alicyclic amines) is 1. The number of nitrogens with one attached hydrogen (secondary N) is 1. The number of aromatic nitrogens is 2. The van der Waals surface area contributed by atoms with Gasteiger partial charge in [0.1, 0.15) is 5.82 Å². The minimum absolute atomic E-state index is 0.0116. The Morgan fingerprint density at radius 3 is 2.86 bits per heavy atom. The highest BCUT2D eigenvalue weighted by atomic mass is 19.1. The van der Waals surface area contributed by atoms with Gasteiger partial charge in [-0.3, -0.25) is 14.8 Å². The SMILES string of the molecule is Cc1cn[nH]c1CN1CCCC(C(=O)c2ccc(F)cc2)C1. The fourth-order valence-corrected chi connectivity index (χ4v) is 3.02. The maximum Gasteiger partial charge on any atom is 0.167 e. The summed E-state index contributed by atoms with van der Waals surface area (Å²) in [6.45, 7) is 4.56. The molecule has 116 valence electrons. The normalized spacial score (nSPS) is 19.3. The molecule has 3 rings (SSSR count). The van der Waals surface area contributed by atoms with Gasteiger partial charge in [0.25, 0.3) is 0 Å². The molecular weight excluding hydrogens is 281 g/mol. The van der Waals surface area contributed by atoms with Crippen LogP contribution in [-0.2, 0) is 6.54 Å². The first-order chi connectivity index (χ1) is 10.6. The molecule has 1 N–H and O–H groups in total. The number of Topliss-reactive ketones (excluding diaryl/α,β-unsaturated/α-hetero) is 1. The van der Waals surface area contributed by atoms with E-state index in [1.54, 1.807) is 12.1 Å². The summed E-state index contributed by atoms with van der Waals surface area (Å²) in [6, 6.07) is 5.86. The molecule has 1 aliphatic heterocycles. The van der Waals surface area contributed by atoms with Crippen molar-refractivity contribution in [3.63, 3.8) is 0 Å². The van der Waals surface area contributed by atoms with Gasteiger partial charge in [-0.1, -0.05) is 0 Å². The van der Waals surface area contributed by atoms with Gasteiger partial charge in [-0.2, -0.15) is 5.10 Å². The number of carbonyl (C=O) groups is 1. The summed E-state index contributed by atoms with van der Waals surface area (Å²) in [5, 5.41) is 7.06. The summed E-state index contributed by atoms with van der Waals surface area (Å²) in [4.78, 5) is 14.8. The van der Waals surface area contributed by atoms with Crippen molar-refractivity contribution in [1.82, 2.24) is 15.1 Å². The number of hydrogen-bond acceptors (Lipinski definition) is 3. The molecule has 2 heterocycles. The molecule has 0 radical (unpaired) electrons. The van der Waals surface area contributed by atoms with E-state index in [1.165, 1.54) is 12.1 Å². The molecule has 1 saturated heterocycles. The number of benzene rings is 1. The number of H-pyrrole nitrogens is 1. The van der Waals surface area contributed by atoms with E-state index in [0.29, 0.717) is 5.56 Å². The van der Waals surface area contributed by atoms with Crippen LogP contribution in [0.25, 0.3) is 0 Å². The smallest absolute Gasteiger partial charge is 0.167 e. The van der Waals surface area contributed by atoms with E-state index in [1.807, 2.05) is 13.1 Å². The molecule has 5 heteroatoms. The number of rotatable bonds is 4. The van der Waals surface area contributed by atoms with Crippen LogP contribution in [-0.4, -0.2) is 34.0 Å². The Bertz CT molecular complexity index is 650. The van der Waals surface area contributed by atoms with Gasteiger partial charge in [0.2, 0.25) is 0 Å². The first kappa shape index (κ1) is 14.9. The number of ketones is 1. The zero-order chi connectivity index (χ0) is 15.5. The summed E-state index contributed by atoms with van der Waals surface area (Å²) < 4.78 is 13.0. The first-order valence-electron chi connectivity index (χ1n) is 7.64. The minimum atomic E-state index is -0.309. The van der Waals surface area contributed by atoms with Crippen LogP contribution in [0.1, 0.15) is 34.5 Å². The summed E-state index contributed by atoms with van der Waals surface area (Å²) in [5.74, 6) is -0.204. The largest absolute Gasteiger partial charge is 0.297 e. The number of nitrogens with zero attached hydrogens (tertiary/aromatic N) is 2. The molecule has 0 saturated carbocycles. The topological polar surface area (TPSA) is 49.0 Å². The third-order valence-electron chi connectivity index (χ3n) is 4.32. The number of hydrogen-bond donors (Lipinski definition) is 1. The molecule has 1 fully saturated rings. The second-order valence-corrected chi connectivity index (χ2v) is 5.98. The van der Waals surface area contributed by atoms with E-state index in [-0.39, 0.29) is 17.5 Å². The Labute approximate surface area is 129 Å². The molecule has 0 spiro atoms. The van der Waals surface area contributed by atoms with Gasteiger partial charge in [-0.05, 0) is 56.1 Å². The zero-order valence-electron chi connectivity index (χ0n) is 12.7. The number of aryl methyl sites for hydroxylation is 1. The van der Waals surface area contributed by atoms with E-state index >= 15 is 0 Å². The first-order valence-corrected chi connectivity index (χ1v) is 7.64. The van der Waals surface area contributed by atoms with Crippen molar-refractivity contribution in [3.05, 3.63) is 53.1 Å². The Kier molecular flexibility index (Phi) is 4.34. The van der Waals surface area contributed by atoms with Crippen molar-refractivity contribution < 1.29 is 9.18 Å². The molecule has 1 aromatic carbocycles. The van der Waals surface area contributed by atoms with Crippen LogP contribution in [0.3, 0.4) is 0 Å². The quantitative estimate of drug-likeness (QED) is 0.883. The van der Waals surface area contributed by atoms with Gasteiger partial charge in [0, 0.05) is 24.6 Å². The van der Waals surface area contributed by atoms with Crippen LogP contribution in [0.4, 0.5) is 4.39 Å². The molecular formula is C17H20FN3O. The van der Waals surface area contributed by atoms with Crippen molar-refractivity contribution in [1.29, 1.82) is 0 Å². The van der Waals surface area contributed by atoms with E-state index in [0.717, 1.165) is 43.7 Å². The summed E-state index contributed by atoms with van der Waals surface area (Å²) in [5.41, 5.74) is 2.85. The summed E-state index contributed by atoms with van der Waals surface area (Å²) in [7, 11) is 0. The summed E-state index contributed by atoms with van der Waals surface area (Å²) in [6.07, 6.45) is 3.72. The Balaban J connectivity index is 1.66. The molecule has 0 amide bonds. The summed E-state index contributed by atoms with van der Waals surface area (Å²) >= 11 is 0. The Hall–Kier alpha value is -2.01. The monoisotopic (exact) mass is 301 g/mol. The van der Waals surface area contributed by atoms with Crippen molar-refractivity contribution in [2.24, 2.45) is 5.92 Å². The minimum Gasteiger partial charge on any atom is -0.297 e. The molecule has 0 bridgehead atoms. The van der Waals surface area contributed by atoms with Gasteiger partial charge in [0.15, 0.2) is 5.78 Å². The average Bonchev–Trinajstić information content (AvgIpc) is 2.93. The second kappa shape index (κ2) is 6.40. The van der Waals surface area contributed by atoms with Gasteiger partial charge in [-0.25, -0.2) is 4.39 Å². The number of piperidine rings is 1. The van der Waals surface area contributed by atoms with Crippen molar-refractivity contribution in [3.8, 4) is 0 Å². The van der Waals surface area contributed by atoms with E-state index in [4.69, 9.17) is 0 Å².